The largest absolute Gasteiger partial charge is 0.503 e. The van der Waals surface area contributed by atoms with E-state index in [0.29, 0.717) is 21.4 Å². The van der Waals surface area contributed by atoms with Gasteiger partial charge in [-0.05, 0) is 42.8 Å². The number of ketones is 1. The highest BCUT2D eigenvalue weighted by Gasteiger charge is 2.09. The van der Waals surface area contributed by atoms with Crippen molar-refractivity contribution in [2.45, 2.75) is 6.92 Å². The van der Waals surface area contributed by atoms with Crippen molar-refractivity contribution in [1.29, 1.82) is 0 Å². The van der Waals surface area contributed by atoms with E-state index >= 15 is 0 Å². The van der Waals surface area contributed by atoms with Crippen molar-refractivity contribution in [1.82, 2.24) is 4.98 Å². The van der Waals surface area contributed by atoms with Crippen LogP contribution in [-0.4, -0.2) is 22.5 Å². The number of aromatic hydroxyl groups is 1. The summed E-state index contributed by atoms with van der Waals surface area (Å²) in [5.41, 5.74) is 0.253. The van der Waals surface area contributed by atoms with E-state index in [2.05, 4.69) is 4.98 Å². The van der Waals surface area contributed by atoms with Gasteiger partial charge in [-0.3, -0.25) is 9.59 Å². The molecule has 0 fully saturated rings. The molecule has 0 unspecified atom stereocenters. The summed E-state index contributed by atoms with van der Waals surface area (Å²) in [4.78, 5) is 26.8. The van der Waals surface area contributed by atoms with Gasteiger partial charge in [-0.25, -0.2) is 0 Å². The number of phenolic OH excluding ortho intramolecular Hbond substituents is 1. The molecule has 8 heteroatoms. The molecule has 0 bridgehead atoms. The molecule has 2 heterocycles. The zero-order valence-electron chi connectivity index (χ0n) is 13.6. The number of thiazole rings is 1. The quantitative estimate of drug-likeness (QED) is 0.651. The monoisotopic (exact) mass is 391 g/mol. The first-order chi connectivity index (χ1) is 12.5. The van der Waals surface area contributed by atoms with Gasteiger partial charge < -0.3 is 19.2 Å². The topological polar surface area (TPSA) is 92.5 Å². The first-order valence-corrected chi connectivity index (χ1v) is 8.83. The number of aromatic amines is 1. The van der Waals surface area contributed by atoms with Crippen molar-refractivity contribution in [2.24, 2.45) is 0 Å². The average molecular weight is 392 g/mol. The number of rotatable bonds is 5. The van der Waals surface area contributed by atoms with E-state index in [1.54, 1.807) is 31.2 Å². The summed E-state index contributed by atoms with van der Waals surface area (Å²) >= 11 is 7.12. The van der Waals surface area contributed by atoms with E-state index in [-0.39, 0.29) is 33.6 Å². The van der Waals surface area contributed by atoms with Crippen molar-refractivity contribution in [3.05, 3.63) is 66.4 Å². The SMILES string of the molecule is CCOc1cc(/C=c2\s/c(=C\C(=O)c3ccco3)[nH]c2=O)cc(Cl)c1O. The molecule has 0 aliphatic carbocycles. The Kier molecular flexibility index (Phi) is 5.29. The Balaban J connectivity index is 2.02. The smallest absolute Gasteiger partial charge is 0.266 e. The van der Waals surface area contributed by atoms with Gasteiger partial charge in [-0.2, -0.15) is 0 Å². The zero-order chi connectivity index (χ0) is 18.7. The van der Waals surface area contributed by atoms with Gasteiger partial charge in [0.25, 0.3) is 5.56 Å². The molecule has 3 rings (SSSR count). The number of carbonyl (C=O) groups is 1. The molecule has 0 aliphatic rings. The summed E-state index contributed by atoms with van der Waals surface area (Å²) < 4.78 is 11.1. The van der Waals surface area contributed by atoms with E-state index in [9.17, 15) is 14.7 Å². The molecule has 6 nitrogen and oxygen atoms in total. The minimum atomic E-state index is -0.342. The maximum atomic E-state index is 12.1. The highest BCUT2D eigenvalue weighted by molar-refractivity contribution is 7.07. The zero-order valence-corrected chi connectivity index (χ0v) is 15.2. The minimum Gasteiger partial charge on any atom is -0.503 e. The number of H-pyrrole nitrogens is 1. The number of phenols is 1. The number of aromatic nitrogens is 1. The van der Waals surface area contributed by atoms with E-state index in [1.807, 2.05) is 0 Å². The molecule has 3 aromatic rings. The van der Waals surface area contributed by atoms with Crippen molar-refractivity contribution < 1.29 is 19.1 Å². The molecular weight excluding hydrogens is 378 g/mol. The van der Waals surface area contributed by atoms with Crippen LogP contribution in [0.2, 0.25) is 5.02 Å². The molecule has 26 heavy (non-hydrogen) atoms. The summed E-state index contributed by atoms with van der Waals surface area (Å²) in [5.74, 6) is -0.0651. The van der Waals surface area contributed by atoms with Crippen LogP contribution in [0.5, 0.6) is 11.5 Å². The first kappa shape index (κ1) is 18.0. The predicted molar refractivity (Wildman–Crippen MR) is 99.5 cm³/mol. The summed E-state index contributed by atoms with van der Waals surface area (Å²) in [6.07, 6.45) is 4.31. The Labute approximate surface area is 156 Å². The molecule has 0 spiro atoms. The van der Waals surface area contributed by atoms with Crippen molar-refractivity contribution in [2.75, 3.05) is 6.61 Å². The molecule has 0 saturated carbocycles. The Hall–Kier alpha value is -2.77. The van der Waals surface area contributed by atoms with Crippen LogP contribution in [0, 0.1) is 0 Å². The van der Waals surface area contributed by atoms with Gasteiger partial charge in [-0.1, -0.05) is 11.6 Å². The van der Waals surface area contributed by atoms with Gasteiger partial charge in [0.05, 0.1) is 27.1 Å². The van der Waals surface area contributed by atoms with Crippen molar-refractivity contribution in [3.8, 4) is 11.5 Å². The molecule has 0 saturated heterocycles. The molecule has 2 aromatic heterocycles. The lowest BCUT2D eigenvalue weighted by molar-refractivity contribution is 0.103. The van der Waals surface area contributed by atoms with E-state index in [0.717, 1.165) is 11.3 Å². The fourth-order valence-electron chi connectivity index (χ4n) is 2.23. The number of Topliss-reactive ketones (excluding diaryl/α,β-unsaturated/α-hetero) is 1. The molecule has 0 amide bonds. The number of carbonyl (C=O) groups excluding carboxylic acids is 1. The van der Waals surface area contributed by atoms with Crippen LogP contribution in [0.1, 0.15) is 23.0 Å². The number of nitrogens with one attached hydrogen (secondary N) is 1. The second kappa shape index (κ2) is 7.63. The Morgan fingerprint density at radius 2 is 2.27 bits per heavy atom. The second-order valence-electron chi connectivity index (χ2n) is 5.20. The number of furan rings is 1. The average Bonchev–Trinajstić information content (AvgIpc) is 3.23. The number of ether oxygens (including phenoxy) is 1. The lowest BCUT2D eigenvalue weighted by Crippen LogP contribution is -2.20. The second-order valence-corrected chi connectivity index (χ2v) is 6.69. The Bertz CT molecular complexity index is 1110. The lowest BCUT2D eigenvalue weighted by Gasteiger charge is -2.08. The number of benzene rings is 1. The fraction of sp³-hybridized carbons (Fsp3) is 0.111. The highest BCUT2D eigenvalue weighted by Crippen LogP contribution is 2.35. The van der Waals surface area contributed by atoms with Crippen LogP contribution in [-0.2, 0) is 0 Å². The third-order valence-electron chi connectivity index (χ3n) is 3.36. The van der Waals surface area contributed by atoms with E-state index < -0.39 is 0 Å². The molecule has 0 aliphatic heterocycles. The van der Waals surface area contributed by atoms with Gasteiger partial charge >= 0.3 is 0 Å². The molecule has 134 valence electrons. The first-order valence-electron chi connectivity index (χ1n) is 7.63. The lowest BCUT2D eigenvalue weighted by atomic mass is 10.2. The van der Waals surface area contributed by atoms with Crippen LogP contribution in [0.3, 0.4) is 0 Å². The summed E-state index contributed by atoms with van der Waals surface area (Å²) in [6, 6.07) is 6.27. The number of halogens is 1. The van der Waals surface area contributed by atoms with Crippen LogP contribution in [0.25, 0.3) is 12.2 Å². The van der Waals surface area contributed by atoms with Gasteiger partial charge in [0.15, 0.2) is 17.3 Å². The van der Waals surface area contributed by atoms with Gasteiger partial charge in [0.1, 0.15) is 0 Å². The number of hydrogen-bond donors (Lipinski definition) is 2. The molecule has 2 N–H and O–H groups in total. The third-order valence-corrected chi connectivity index (χ3v) is 4.61. The van der Waals surface area contributed by atoms with Gasteiger partial charge in [0, 0.05) is 6.08 Å². The van der Waals surface area contributed by atoms with Gasteiger partial charge in [0.2, 0.25) is 5.78 Å². The van der Waals surface area contributed by atoms with Crippen LogP contribution in [0.4, 0.5) is 0 Å². The highest BCUT2D eigenvalue weighted by atomic mass is 35.5. The molecule has 0 atom stereocenters. The summed E-state index contributed by atoms with van der Waals surface area (Å²) in [7, 11) is 0. The van der Waals surface area contributed by atoms with Crippen LogP contribution < -0.4 is 19.5 Å². The standard InChI is InChI=1S/C18H14ClNO5S/c1-2-24-14-7-10(6-11(19)17(14)22)8-15-18(23)20-16(26-15)9-12(21)13-4-3-5-25-13/h3-9,22H,2H2,1H3,(H,20,23)/b15-8-,16-9-. The molecular formula is C18H14ClNO5S. The maximum Gasteiger partial charge on any atom is 0.266 e. The van der Waals surface area contributed by atoms with Crippen LogP contribution in [0.15, 0.2) is 39.7 Å². The van der Waals surface area contributed by atoms with Crippen molar-refractivity contribution in [3.63, 3.8) is 0 Å². The fourth-order valence-corrected chi connectivity index (χ4v) is 3.33. The van der Waals surface area contributed by atoms with Crippen LogP contribution >= 0.6 is 22.9 Å². The summed E-state index contributed by atoms with van der Waals surface area (Å²) in [6.45, 7) is 2.15. The Morgan fingerprint density at radius 1 is 1.46 bits per heavy atom. The van der Waals surface area contributed by atoms with Gasteiger partial charge in [-0.15, -0.1) is 11.3 Å². The van der Waals surface area contributed by atoms with E-state index in [4.69, 9.17) is 20.8 Å². The minimum absolute atomic E-state index is 0.120. The van der Waals surface area contributed by atoms with Crippen molar-refractivity contribution >= 4 is 40.9 Å². The normalized spacial score (nSPS) is 12.5. The Morgan fingerprint density at radius 3 is 2.96 bits per heavy atom. The molecule has 1 aromatic carbocycles. The van der Waals surface area contributed by atoms with E-state index in [1.165, 1.54) is 18.4 Å². The molecule has 0 radical (unpaired) electrons. The third kappa shape index (κ3) is 3.89. The summed E-state index contributed by atoms with van der Waals surface area (Å²) in [5, 5.41) is 10.0. The predicted octanol–water partition coefficient (Wildman–Crippen LogP) is 2.28. The number of hydrogen-bond acceptors (Lipinski definition) is 6. The maximum absolute atomic E-state index is 12.1.